The summed E-state index contributed by atoms with van der Waals surface area (Å²) in [7, 11) is 1.56. The van der Waals surface area contributed by atoms with Crippen molar-refractivity contribution in [2.75, 3.05) is 25.0 Å². The molecule has 1 saturated heterocycles. The van der Waals surface area contributed by atoms with Crippen LogP contribution in [0.5, 0.6) is 0 Å². The Morgan fingerprint density at radius 3 is 2.59 bits per heavy atom. The van der Waals surface area contributed by atoms with Crippen molar-refractivity contribution < 1.29 is 13.6 Å². The first-order valence-electron chi connectivity index (χ1n) is 8.64. The molecule has 27 heavy (non-hydrogen) atoms. The van der Waals surface area contributed by atoms with E-state index in [1.54, 1.807) is 37.4 Å². The Morgan fingerprint density at radius 2 is 1.85 bits per heavy atom. The van der Waals surface area contributed by atoms with Crippen LogP contribution in [0.4, 0.5) is 14.6 Å². The van der Waals surface area contributed by atoms with E-state index < -0.39 is 11.2 Å². The molecule has 1 aliphatic heterocycles. The van der Waals surface area contributed by atoms with Gasteiger partial charge in [0.2, 0.25) is 5.91 Å². The average molecular weight is 368 g/mol. The van der Waals surface area contributed by atoms with Gasteiger partial charge in [-0.25, -0.2) is 18.7 Å². The molecule has 7 heteroatoms. The predicted molar refractivity (Wildman–Crippen MR) is 98.3 cm³/mol. The maximum Gasteiger partial charge on any atom is 0.229 e. The molecular formula is C20H18F2N4O. The molecule has 1 fully saturated rings. The Labute approximate surface area is 155 Å². The molecule has 5 nitrogen and oxygen atoms in total. The third-order valence-electron chi connectivity index (χ3n) is 5.07. The lowest BCUT2D eigenvalue weighted by Gasteiger charge is -2.49. The van der Waals surface area contributed by atoms with Crippen molar-refractivity contribution >= 4 is 22.6 Å². The van der Waals surface area contributed by atoms with Crippen LogP contribution in [-0.4, -0.2) is 36.0 Å². The molecule has 2 aromatic carbocycles. The first-order valence-corrected chi connectivity index (χ1v) is 8.64. The quantitative estimate of drug-likeness (QED) is 0.769. The highest BCUT2D eigenvalue weighted by molar-refractivity contribution is 5.92. The van der Waals surface area contributed by atoms with Gasteiger partial charge in [0, 0.05) is 20.1 Å². The van der Waals surface area contributed by atoms with Crippen molar-refractivity contribution in [1.82, 2.24) is 15.3 Å². The Balaban J connectivity index is 1.67. The van der Waals surface area contributed by atoms with Crippen LogP contribution in [0.1, 0.15) is 5.56 Å². The summed E-state index contributed by atoms with van der Waals surface area (Å²) in [6.45, 7) is 0.642. The molecule has 0 bridgehead atoms. The minimum atomic E-state index is -0.792. The molecular weight excluding hydrogens is 350 g/mol. The van der Waals surface area contributed by atoms with Crippen molar-refractivity contribution in [3.05, 3.63) is 66.0 Å². The van der Waals surface area contributed by atoms with Gasteiger partial charge in [0.25, 0.3) is 0 Å². The molecule has 2 heterocycles. The molecule has 3 aromatic rings. The third kappa shape index (κ3) is 2.89. The Kier molecular flexibility index (Phi) is 4.22. The second-order valence-electron chi connectivity index (χ2n) is 6.81. The van der Waals surface area contributed by atoms with Gasteiger partial charge in [-0.3, -0.25) is 4.79 Å². The number of aromatic nitrogens is 2. The highest BCUT2D eigenvalue weighted by Crippen LogP contribution is 2.40. The minimum absolute atomic E-state index is 0.166. The molecule has 0 radical (unpaired) electrons. The second-order valence-corrected chi connectivity index (χ2v) is 6.81. The van der Waals surface area contributed by atoms with Crippen LogP contribution in [0.3, 0.4) is 0 Å². The number of benzene rings is 2. The molecule has 0 saturated carbocycles. The number of carbonyl (C=O) groups excluding carboxylic acids is 1. The lowest BCUT2D eigenvalue weighted by molar-refractivity contribution is -0.132. The highest BCUT2D eigenvalue weighted by Gasteiger charge is 2.50. The van der Waals surface area contributed by atoms with Gasteiger partial charge in [-0.05, 0) is 30.2 Å². The van der Waals surface area contributed by atoms with Crippen LogP contribution in [0.15, 0.2) is 48.8 Å². The number of amides is 1. The normalized spacial score (nSPS) is 15.4. The number of anilines is 1. The van der Waals surface area contributed by atoms with Crippen molar-refractivity contribution in [2.45, 2.75) is 6.42 Å². The SMILES string of the molecule is CNC(=O)C1(Cc2ccccc2F)CN(c2ncnc3cccc(F)c23)C1. The summed E-state index contributed by atoms with van der Waals surface area (Å²) >= 11 is 0. The van der Waals surface area contributed by atoms with Crippen LogP contribution < -0.4 is 10.2 Å². The molecule has 0 aliphatic carbocycles. The van der Waals surface area contributed by atoms with E-state index in [1.807, 2.05) is 4.90 Å². The monoisotopic (exact) mass is 368 g/mol. The molecule has 1 N–H and O–H groups in total. The zero-order valence-corrected chi connectivity index (χ0v) is 14.7. The van der Waals surface area contributed by atoms with Gasteiger partial charge in [0.1, 0.15) is 23.8 Å². The van der Waals surface area contributed by atoms with Crippen molar-refractivity contribution in [3.63, 3.8) is 0 Å². The molecule has 4 rings (SSSR count). The number of fused-ring (bicyclic) bond motifs is 1. The van der Waals surface area contributed by atoms with Crippen molar-refractivity contribution in [1.29, 1.82) is 0 Å². The summed E-state index contributed by atoms with van der Waals surface area (Å²) in [6.07, 6.45) is 1.65. The summed E-state index contributed by atoms with van der Waals surface area (Å²) in [5, 5.41) is 3.00. The predicted octanol–water partition coefficient (Wildman–Crippen LogP) is 2.70. The maximum atomic E-state index is 14.3. The van der Waals surface area contributed by atoms with Gasteiger partial charge >= 0.3 is 0 Å². The molecule has 138 valence electrons. The number of nitrogens with zero attached hydrogens (tertiary/aromatic N) is 3. The van der Waals surface area contributed by atoms with Crippen LogP contribution in [0, 0.1) is 17.0 Å². The zero-order valence-electron chi connectivity index (χ0n) is 14.7. The van der Waals surface area contributed by atoms with E-state index in [0.717, 1.165) is 0 Å². The van der Waals surface area contributed by atoms with Crippen LogP contribution in [0.25, 0.3) is 10.9 Å². The number of carbonyl (C=O) groups is 1. The van der Waals surface area contributed by atoms with Gasteiger partial charge in [0.15, 0.2) is 0 Å². The topological polar surface area (TPSA) is 58.1 Å². The molecule has 1 amide bonds. The van der Waals surface area contributed by atoms with Crippen LogP contribution in [0.2, 0.25) is 0 Å². The second kappa shape index (κ2) is 6.57. The number of nitrogens with one attached hydrogen (secondary N) is 1. The van der Waals surface area contributed by atoms with E-state index in [9.17, 15) is 13.6 Å². The number of hydrogen-bond acceptors (Lipinski definition) is 4. The average Bonchev–Trinajstić information content (AvgIpc) is 2.65. The first kappa shape index (κ1) is 17.3. The Hall–Kier alpha value is -3.09. The molecule has 1 aromatic heterocycles. The van der Waals surface area contributed by atoms with Crippen molar-refractivity contribution in [2.24, 2.45) is 5.41 Å². The smallest absolute Gasteiger partial charge is 0.229 e. The number of halogens is 2. The molecule has 0 atom stereocenters. The first-order chi connectivity index (χ1) is 13.0. The fourth-order valence-electron chi connectivity index (χ4n) is 3.73. The van der Waals surface area contributed by atoms with Crippen LogP contribution >= 0.6 is 0 Å². The number of hydrogen-bond donors (Lipinski definition) is 1. The van der Waals surface area contributed by atoms with Gasteiger partial charge in [-0.15, -0.1) is 0 Å². The Morgan fingerprint density at radius 1 is 1.11 bits per heavy atom. The highest BCUT2D eigenvalue weighted by atomic mass is 19.1. The van der Waals surface area contributed by atoms with E-state index in [2.05, 4.69) is 15.3 Å². The standard InChI is InChI=1S/C20H18F2N4O/c1-23-19(27)20(9-13-5-2-3-6-14(13)21)10-26(11-20)18-17-15(22)7-4-8-16(17)24-12-25-18/h2-8,12H,9-11H2,1H3,(H,23,27). The minimum Gasteiger partial charge on any atom is -0.359 e. The van der Waals surface area contributed by atoms with E-state index in [-0.39, 0.29) is 18.1 Å². The van der Waals surface area contributed by atoms with Gasteiger partial charge in [-0.2, -0.15) is 0 Å². The fourth-order valence-corrected chi connectivity index (χ4v) is 3.73. The summed E-state index contributed by atoms with van der Waals surface area (Å²) in [5.41, 5.74) is 0.199. The summed E-state index contributed by atoms with van der Waals surface area (Å²) in [5.74, 6) is -0.459. The van der Waals surface area contributed by atoms with Crippen molar-refractivity contribution in [3.8, 4) is 0 Å². The maximum absolute atomic E-state index is 14.3. The fraction of sp³-hybridized carbons (Fsp3) is 0.250. The zero-order chi connectivity index (χ0) is 19.0. The summed E-state index contributed by atoms with van der Waals surface area (Å²) in [6, 6.07) is 11.1. The van der Waals surface area contributed by atoms with Gasteiger partial charge in [0.05, 0.1) is 16.3 Å². The number of rotatable bonds is 4. The lowest BCUT2D eigenvalue weighted by Crippen LogP contribution is -2.64. The van der Waals surface area contributed by atoms with Gasteiger partial charge in [-0.1, -0.05) is 24.3 Å². The molecule has 1 aliphatic rings. The summed E-state index contributed by atoms with van der Waals surface area (Å²) < 4.78 is 28.5. The van der Waals surface area contributed by atoms with E-state index in [1.165, 1.54) is 18.5 Å². The van der Waals surface area contributed by atoms with Crippen LogP contribution in [-0.2, 0) is 11.2 Å². The Bertz CT molecular complexity index is 1010. The third-order valence-corrected chi connectivity index (χ3v) is 5.07. The van der Waals surface area contributed by atoms with Gasteiger partial charge < -0.3 is 10.2 Å². The van der Waals surface area contributed by atoms with E-state index >= 15 is 0 Å². The summed E-state index contributed by atoms with van der Waals surface area (Å²) in [4.78, 5) is 22.7. The largest absolute Gasteiger partial charge is 0.359 e. The lowest BCUT2D eigenvalue weighted by atomic mass is 9.73. The molecule has 0 spiro atoms. The van der Waals surface area contributed by atoms with E-state index in [4.69, 9.17) is 0 Å². The van der Waals surface area contributed by atoms with E-state index in [0.29, 0.717) is 35.4 Å². The molecule has 0 unspecified atom stereocenters.